The molecule has 0 radical (unpaired) electrons. The smallest absolute Gasteiger partial charge is 0.401 e. The second-order valence-corrected chi connectivity index (χ2v) is 9.20. The van der Waals surface area contributed by atoms with Crippen LogP contribution in [0.3, 0.4) is 0 Å². The largest absolute Gasteiger partial charge is 0.421 e. The molecule has 0 fully saturated rings. The van der Waals surface area contributed by atoms with E-state index in [-0.39, 0.29) is 5.41 Å². The summed E-state index contributed by atoms with van der Waals surface area (Å²) in [7, 11) is -3.88. The van der Waals surface area contributed by atoms with Crippen LogP contribution in [0.2, 0.25) is 10.0 Å². The summed E-state index contributed by atoms with van der Waals surface area (Å²) in [5.74, 6) is 1.62. The number of hydrogen-bond acceptors (Lipinski definition) is 2. The zero-order valence-corrected chi connectivity index (χ0v) is 15.9. The van der Waals surface area contributed by atoms with Gasteiger partial charge in [0, 0.05) is 27.0 Å². The number of benzene rings is 2. The Labute approximate surface area is 151 Å². The van der Waals surface area contributed by atoms with E-state index in [2.05, 4.69) is 0 Å². The summed E-state index contributed by atoms with van der Waals surface area (Å²) in [4.78, 5) is 10.1. The van der Waals surface area contributed by atoms with E-state index in [1.807, 2.05) is 20.8 Å². The molecule has 0 saturated carbocycles. The summed E-state index contributed by atoms with van der Waals surface area (Å²) < 4.78 is 17.6. The summed E-state index contributed by atoms with van der Waals surface area (Å²) in [5.41, 5.74) is 2.73. The van der Waals surface area contributed by atoms with Crippen LogP contribution < -0.4 is 4.52 Å². The van der Waals surface area contributed by atoms with Gasteiger partial charge < -0.3 is 9.42 Å². The minimum atomic E-state index is -3.88. The zero-order valence-electron chi connectivity index (χ0n) is 13.5. The number of rotatable bonds is 1. The van der Waals surface area contributed by atoms with Crippen molar-refractivity contribution in [2.75, 3.05) is 0 Å². The van der Waals surface area contributed by atoms with E-state index in [0.29, 0.717) is 26.9 Å². The fourth-order valence-corrected chi connectivity index (χ4v) is 4.35. The summed E-state index contributed by atoms with van der Waals surface area (Å²) in [6, 6.07) is 10.6. The molecule has 3 nitrogen and oxygen atoms in total. The molecule has 1 N–H and O–H groups in total. The molecule has 0 saturated heterocycles. The zero-order chi connectivity index (χ0) is 17.7. The van der Waals surface area contributed by atoms with Gasteiger partial charge in [0.05, 0.1) is 0 Å². The maximum absolute atomic E-state index is 12.3. The van der Waals surface area contributed by atoms with Crippen molar-refractivity contribution in [3.8, 4) is 5.75 Å². The molecule has 3 rings (SSSR count). The first-order valence-electron chi connectivity index (χ1n) is 7.42. The molecule has 1 unspecified atom stereocenters. The fourth-order valence-electron chi connectivity index (χ4n) is 2.67. The molecule has 0 aliphatic carbocycles. The SMILES string of the molecule is CC(C)(C)c1cc2c(cc1Cl)C(c1ccc(Cl)cc1)=CP(=O)(O)O2. The topological polar surface area (TPSA) is 46.5 Å². The van der Waals surface area contributed by atoms with Gasteiger partial charge in [-0.2, -0.15) is 0 Å². The molecule has 0 spiro atoms. The second-order valence-electron chi connectivity index (χ2n) is 6.78. The molecular weight excluding hydrogens is 366 g/mol. The van der Waals surface area contributed by atoms with Crippen LogP contribution in [0.1, 0.15) is 37.5 Å². The van der Waals surface area contributed by atoms with Gasteiger partial charge in [-0.1, -0.05) is 56.1 Å². The standard InChI is InChI=1S/C18H17Cl2O3P/c1-18(2,3)15-9-17-13(8-16(15)20)14(10-24(21,22)23-17)11-4-6-12(19)7-5-11/h4-10H,1-3H3,(H,21,22). The second kappa shape index (κ2) is 5.93. The lowest BCUT2D eigenvalue weighted by atomic mass is 9.85. The normalized spacial score (nSPS) is 20.2. The van der Waals surface area contributed by atoms with Crippen LogP contribution in [0.15, 0.2) is 42.2 Å². The highest BCUT2D eigenvalue weighted by molar-refractivity contribution is 7.57. The molecule has 0 amide bonds. The lowest BCUT2D eigenvalue weighted by Crippen LogP contribution is -2.13. The van der Waals surface area contributed by atoms with Crippen LogP contribution in [-0.2, 0) is 9.98 Å². The highest BCUT2D eigenvalue weighted by Crippen LogP contribution is 2.55. The van der Waals surface area contributed by atoms with Crippen LogP contribution >= 0.6 is 30.8 Å². The molecule has 0 bridgehead atoms. The third kappa shape index (κ3) is 3.41. The molecule has 0 aromatic heterocycles. The molecular formula is C18H17Cl2O3P. The average molecular weight is 383 g/mol. The highest BCUT2D eigenvalue weighted by Gasteiger charge is 2.31. The van der Waals surface area contributed by atoms with Crippen molar-refractivity contribution in [3.05, 3.63) is 69.0 Å². The van der Waals surface area contributed by atoms with Crippen molar-refractivity contribution in [1.82, 2.24) is 0 Å². The minimum Gasteiger partial charge on any atom is -0.421 e. The van der Waals surface area contributed by atoms with Gasteiger partial charge in [0.25, 0.3) is 0 Å². The lowest BCUT2D eigenvalue weighted by Gasteiger charge is -2.27. The van der Waals surface area contributed by atoms with Crippen LogP contribution in [-0.4, -0.2) is 4.89 Å². The maximum atomic E-state index is 12.3. The summed E-state index contributed by atoms with van der Waals surface area (Å²) in [6.45, 7) is 6.08. The van der Waals surface area contributed by atoms with E-state index in [0.717, 1.165) is 11.1 Å². The Morgan fingerprint density at radius 1 is 1.08 bits per heavy atom. The van der Waals surface area contributed by atoms with E-state index < -0.39 is 7.60 Å². The average Bonchev–Trinajstić information content (AvgIpc) is 2.45. The summed E-state index contributed by atoms with van der Waals surface area (Å²) in [6.07, 6.45) is 0. The van der Waals surface area contributed by atoms with E-state index in [1.54, 1.807) is 36.4 Å². The fraction of sp³-hybridized carbons (Fsp3) is 0.222. The van der Waals surface area contributed by atoms with Gasteiger partial charge in [-0.15, -0.1) is 0 Å². The van der Waals surface area contributed by atoms with Crippen molar-refractivity contribution < 1.29 is 14.0 Å². The number of hydrogen-bond donors (Lipinski definition) is 1. The third-order valence-corrected chi connectivity index (χ3v) is 5.45. The van der Waals surface area contributed by atoms with Crippen LogP contribution in [0.4, 0.5) is 0 Å². The van der Waals surface area contributed by atoms with Gasteiger partial charge in [0.1, 0.15) is 5.75 Å². The first-order chi connectivity index (χ1) is 11.1. The number of fused-ring (bicyclic) bond motifs is 1. The van der Waals surface area contributed by atoms with E-state index >= 15 is 0 Å². The highest BCUT2D eigenvalue weighted by atomic mass is 35.5. The molecule has 1 atom stereocenters. The van der Waals surface area contributed by atoms with Gasteiger partial charge in [-0.25, -0.2) is 4.57 Å². The predicted molar refractivity (Wildman–Crippen MR) is 99.1 cm³/mol. The van der Waals surface area contributed by atoms with Crippen molar-refractivity contribution in [1.29, 1.82) is 0 Å². The van der Waals surface area contributed by atoms with Crippen molar-refractivity contribution in [3.63, 3.8) is 0 Å². The Kier molecular flexibility index (Phi) is 4.34. The van der Waals surface area contributed by atoms with Gasteiger partial charge in [-0.3, -0.25) is 0 Å². The molecule has 126 valence electrons. The Balaban J connectivity index is 2.23. The molecule has 6 heteroatoms. The van der Waals surface area contributed by atoms with Crippen molar-refractivity contribution in [2.45, 2.75) is 26.2 Å². The van der Waals surface area contributed by atoms with Gasteiger partial charge >= 0.3 is 7.60 Å². The van der Waals surface area contributed by atoms with Gasteiger partial charge in [0.15, 0.2) is 0 Å². The molecule has 24 heavy (non-hydrogen) atoms. The number of halogens is 2. The van der Waals surface area contributed by atoms with E-state index in [9.17, 15) is 9.46 Å². The Bertz CT molecular complexity index is 880. The summed E-state index contributed by atoms with van der Waals surface area (Å²) in [5, 5.41) is 1.19. The van der Waals surface area contributed by atoms with E-state index in [1.165, 1.54) is 5.82 Å². The molecule has 1 aliphatic rings. The van der Waals surface area contributed by atoms with Crippen LogP contribution in [0, 0.1) is 0 Å². The van der Waals surface area contributed by atoms with Crippen LogP contribution in [0.25, 0.3) is 5.57 Å². The third-order valence-electron chi connectivity index (χ3n) is 3.84. The van der Waals surface area contributed by atoms with Crippen molar-refractivity contribution >= 4 is 36.4 Å². The van der Waals surface area contributed by atoms with Gasteiger partial charge in [0.2, 0.25) is 0 Å². The summed E-state index contributed by atoms with van der Waals surface area (Å²) >= 11 is 12.4. The van der Waals surface area contributed by atoms with E-state index in [4.69, 9.17) is 27.7 Å². The Morgan fingerprint density at radius 3 is 2.29 bits per heavy atom. The molecule has 1 aliphatic heterocycles. The monoisotopic (exact) mass is 382 g/mol. The maximum Gasteiger partial charge on any atom is 0.401 e. The molecule has 1 heterocycles. The van der Waals surface area contributed by atoms with Crippen LogP contribution in [0.5, 0.6) is 5.75 Å². The predicted octanol–water partition coefficient (Wildman–Crippen LogP) is 6.26. The Morgan fingerprint density at radius 2 is 1.71 bits per heavy atom. The molecule has 2 aromatic carbocycles. The quantitative estimate of drug-likeness (QED) is 0.592. The minimum absolute atomic E-state index is 0.212. The first kappa shape index (κ1) is 17.6. The van der Waals surface area contributed by atoms with Gasteiger partial charge in [-0.05, 0) is 40.8 Å². The molecule has 2 aromatic rings. The first-order valence-corrected chi connectivity index (χ1v) is 9.82. The Hall–Kier alpha value is -1.25. The van der Waals surface area contributed by atoms with Crippen molar-refractivity contribution in [2.24, 2.45) is 0 Å². The lowest BCUT2D eigenvalue weighted by molar-refractivity contribution is 0.389.